The minimum atomic E-state index is -0.812. The molecule has 5 aliphatic heterocycles. The van der Waals surface area contributed by atoms with Gasteiger partial charge in [0, 0.05) is 51.1 Å². The second-order valence-electron chi connectivity index (χ2n) is 10.5. The number of ether oxygens (including phenoxy) is 2. The summed E-state index contributed by atoms with van der Waals surface area (Å²) < 4.78 is 10.3. The Kier molecular flexibility index (Phi) is 8.58. The number of allylic oxidation sites excluding steroid dienone is 1. The van der Waals surface area contributed by atoms with E-state index in [2.05, 4.69) is 23.1 Å². The third-order valence-electron chi connectivity index (χ3n) is 8.28. The number of carbonyl (C=O) groups is 3. The second-order valence-corrected chi connectivity index (χ2v) is 12.0. The first-order valence-corrected chi connectivity index (χ1v) is 14.6. The molecule has 0 radical (unpaired) electrons. The van der Waals surface area contributed by atoms with Crippen LogP contribution in [0, 0.1) is 11.8 Å². The number of cyclic esters (lactones) is 1. The van der Waals surface area contributed by atoms with Crippen molar-refractivity contribution in [2.45, 2.75) is 48.1 Å². The molecule has 1 spiro atoms. The van der Waals surface area contributed by atoms with Crippen molar-refractivity contribution in [2.24, 2.45) is 11.8 Å². The number of thioether (sulfide) groups is 1. The molecule has 2 amide bonds. The van der Waals surface area contributed by atoms with Crippen LogP contribution >= 0.6 is 11.8 Å². The number of esters is 1. The van der Waals surface area contributed by atoms with E-state index < -0.39 is 22.6 Å². The molecule has 0 saturated carbocycles. The number of unbranched alkanes of at least 4 members (excludes halogenated alkanes) is 1. The molecule has 5 aliphatic rings. The third-order valence-corrected chi connectivity index (χ3v) is 10.0. The van der Waals surface area contributed by atoms with Gasteiger partial charge >= 0.3 is 5.97 Å². The SMILES string of the molecule is O=C1OCCCC/C=C\[C@H]2S[C@]34C=CCN(CCN5CCOCC5)C(=O)C3N(CCCCO)C(=O)[C@@H]4[C@@H]12. The Labute approximate surface area is 223 Å². The maximum Gasteiger partial charge on any atom is 0.311 e. The van der Waals surface area contributed by atoms with Crippen LogP contribution in [-0.4, -0.2) is 119 Å². The van der Waals surface area contributed by atoms with Gasteiger partial charge in [-0.1, -0.05) is 24.3 Å². The van der Waals surface area contributed by atoms with Crippen LogP contribution in [0.2, 0.25) is 0 Å². The highest BCUT2D eigenvalue weighted by Crippen LogP contribution is 2.60. The van der Waals surface area contributed by atoms with Crippen LogP contribution in [0.1, 0.15) is 32.1 Å². The predicted molar refractivity (Wildman–Crippen MR) is 140 cm³/mol. The van der Waals surface area contributed by atoms with Gasteiger partial charge in [-0.3, -0.25) is 19.3 Å². The summed E-state index contributed by atoms with van der Waals surface area (Å²) in [6, 6.07) is -0.670. The van der Waals surface area contributed by atoms with E-state index in [1.54, 1.807) is 16.7 Å². The van der Waals surface area contributed by atoms with Crippen molar-refractivity contribution in [2.75, 3.05) is 65.7 Å². The highest BCUT2D eigenvalue weighted by molar-refractivity contribution is 8.02. The molecule has 0 aromatic heterocycles. The van der Waals surface area contributed by atoms with Crippen molar-refractivity contribution in [3.05, 3.63) is 24.3 Å². The normalized spacial score (nSPS) is 35.5. The quantitative estimate of drug-likeness (QED) is 0.295. The topological polar surface area (TPSA) is 99.6 Å². The van der Waals surface area contributed by atoms with E-state index in [1.165, 1.54) is 0 Å². The smallest absolute Gasteiger partial charge is 0.311 e. The predicted octanol–water partition coefficient (Wildman–Crippen LogP) is 1.07. The largest absolute Gasteiger partial charge is 0.465 e. The van der Waals surface area contributed by atoms with Crippen LogP contribution in [0.15, 0.2) is 24.3 Å². The molecule has 5 atom stereocenters. The summed E-state index contributed by atoms with van der Waals surface area (Å²) >= 11 is 1.59. The molecule has 3 saturated heterocycles. The molecule has 5 rings (SSSR count). The van der Waals surface area contributed by atoms with Crippen molar-refractivity contribution in [1.29, 1.82) is 0 Å². The van der Waals surface area contributed by atoms with Crippen LogP contribution in [0.3, 0.4) is 0 Å². The molecule has 9 nitrogen and oxygen atoms in total. The minimum absolute atomic E-state index is 0.0390. The number of rotatable bonds is 7. The number of morpholine rings is 1. The van der Waals surface area contributed by atoms with Crippen molar-refractivity contribution in [3.8, 4) is 0 Å². The van der Waals surface area contributed by atoms with E-state index in [0.717, 1.165) is 38.9 Å². The summed E-state index contributed by atoms with van der Waals surface area (Å²) in [5, 5.41) is 9.14. The number of likely N-dealkylation sites (tertiary alicyclic amines) is 1. The van der Waals surface area contributed by atoms with Crippen molar-refractivity contribution >= 4 is 29.5 Å². The monoisotopic (exact) mass is 533 g/mol. The lowest BCUT2D eigenvalue weighted by Gasteiger charge is -2.36. The first-order chi connectivity index (χ1) is 18.1. The molecule has 0 aliphatic carbocycles. The Morgan fingerprint density at radius 1 is 1.00 bits per heavy atom. The van der Waals surface area contributed by atoms with Gasteiger partial charge in [-0.05, 0) is 32.1 Å². The van der Waals surface area contributed by atoms with E-state index in [0.29, 0.717) is 52.3 Å². The van der Waals surface area contributed by atoms with E-state index in [9.17, 15) is 19.5 Å². The average Bonchev–Trinajstić information content (AvgIpc) is 3.29. The summed E-state index contributed by atoms with van der Waals surface area (Å²) in [6.45, 7) is 5.75. The number of aliphatic hydroxyl groups excluding tert-OH is 1. The van der Waals surface area contributed by atoms with Gasteiger partial charge in [0.25, 0.3) is 0 Å². The molecule has 0 bridgehead atoms. The highest BCUT2D eigenvalue weighted by atomic mass is 32.2. The van der Waals surface area contributed by atoms with Crippen LogP contribution in [0.25, 0.3) is 0 Å². The summed E-state index contributed by atoms with van der Waals surface area (Å²) in [6.07, 6.45) is 12.1. The van der Waals surface area contributed by atoms with E-state index in [4.69, 9.17) is 9.47 Å². The summed E-state index contributed by atoms with van der Waals surface area (Å²) in [7, 11) is 0. The molecular formula is C27H39N3O6S. The van der Waals surface area contributed by atoms with Crippen LogP contribution < -0.4 is 0 Å². The number of fused-ring (bicyclic) bond motifs is 2. The van der Waals surface area contributed by atoms with E-state index in [-0.39, 0.29) is 29.6 Å². The van der Waals surface area contributed by atoms with Gasteiger partial charge in [0.2, 0.25) is 11.8 Å². The lowest BCUT2D eigenvalue weighted by atomic mass is 9.78. The number of hydrogen-bond acceptors (Lipinski definition) is 8. The van der Waals surface area contributed by atoms with Gasteiger partial charge in [0.15, 0.2) is 0 Å². The molecule has 0 aromatic rings. The number of aliphatic hydroxyl groups is 1. The molecule has 1 N–H and O–H groups in total. The Morgan fingerprint density at radius 2 is 1.84 bits per heavy atom. The van der Waals surface area contributed by atoms with Gasteiger partial charge in [-0.15, -0.1) is 11.8 Å². The molecule has 37 heavy (non-hydrogen) atoms. The zero-order chi connectivity index (χ0) is 25.8. The fourth-order valence-electron chi connectivity index (χ4n) is 6.39. The van der Waals surface area contributed by atoms with Crippen LogP contribution in [0.4, 0.5) is 0 Å². The molecule has 204 valence electrons. The molecule has 0 aromatic carbocycles. The Bertz CT molecular complexity index is 922. The van der Waals surface area contributed by atoms with Crippen molar-refractivity contribution in [1.82, 2.24) is 14.7 Å². The summed E-state index contributed by atoms with van der Waals surface area (Å²) in [5.41, 5.74) is 0. The van der Waals surface area contributed by atoms with E-state index >= 15 is 0 Å². The number of amides is 2. The number of hydrogen-bond donors (Lipinski definition) is 1. The average molecular weight is 534 g/mol. The van der Waals surface area contributed by atoms with Gasteiger partial charge in [0.1, 0.15) is 6.04 Å². The zero-order valence-corrected chi connectivity index (χ0v) is 22.3. The van der Waals surface area contributed by atoms with Gasteiger partial charge < -0.3 is 24.4 Å². The first-order valence-electron chi connectivity index (χ1n) is 13.8. The molecule has 10 heteroatoms. The molecule has 5 heterocycles. The molecular weight excluding hydrogens is 494 g/mol. The van der Waals surface area contributed by atoms with Gasteiger partial charge in [-0.25, -0.2) is 0 Å². The Balaban J connectivity index is 1.45. The Hall–Kier alpha value is -1.88. The first kappa shape index (κ1) is 26.7. The van der Waals surface area contributed by atoms with Crippen molar-refractivity contribution < 1.29 is 29.0 Å². The fraction of sp³-hybridized carbons (Fsp3) is 0.741. The van der Waals surface area contributed by atoms with Crippen molar-refractivity contribution in [3.63, 3.8) is 0 Å². The fourth-order valence-corrected chi connectivity index (χ4v) is 8.39. The zero-order valence-electron chi connectivity index (χ0n) is 21.5. The Morgan fingerprint density at radius 3 is 2.65 bits per heavy atom. The minimum Gasteiger partial charge on any atom is -0.465 e. The van der Waals surface area contributed by atoms with Gasteiger partial charge in [-0.2, -0.15) is 0 Å². The highest BCUT2D eigenvalue weighted by Gasteiger charge is 2.70. The second kappa shape index (κ2) is 11.9. The standard InChI is InChI=1S/C27H39N3O6S/c31-16-5-4-11-30-23-25(33)29(13-12-28-14-18-35-19-15-28)10-7-9-27(23)22(24(30)32)21-20(37-27)8-3-1-2-6-17-36-26(21)34/h3,7-9,20-23,31H,1-2,4-6,10-19H2/b8-3-/t20-,21+,22+,23?,27+/m1/s1. The van der Waals surface area contributed by atoms with Gasteiger partial charge in [0.05, 0.1) is 36.4 Å². The van der Waals surface area contributed by atoms with E-state index in [1.807, 2.05) is 11.0 Å². The molecule has 1 unspecified atom stereocenters. The summed E-state index contributed by atoms with van der Waals surface area (Å²) in [5.74, 6) is -1.78. The number of carbonyl (C=O) groups excluding carboxylic acids is 3. The maximum absolute atomic E-state index is 14.2. The van der Waals surface area contributed by atoms with Crippen LogP contribution in [-0.2, 0) is 23.9 Å². The maximum atomic E-state index is 14.2. The number of nitrogens with zero attached hydrogens (tertiary/aromatic N) is 3. The molecule has 3 fully saturated rings. The van der Waals surface area contributed by atoms with Crippen LogP contribution in [0.5, 0.6) is 0 Å². The lowest BCUT2D eigenvalue weighted by molar-refractivity contribution is -0.153. The third kappa shape index (κ3) is 5.22. The summed E-state index contributed by atoms with van der Waals surface area (Å²) in [4.78, 5) is 47.5. The lowest BCUT2D eigenvalue weighted by Crippen LogP contribution is -2.54.